The minimum absolute atomic E-state index is 0.329. The topological polar surface area (TPSA) is 49.6 Å². The molecule has 0 aromatic carbocycles. The highest BCUT2D eigenvalue weighted by Crippen LogP contribution is 2.48. The standard InChI is InChI=1S/C6H12Cl2N3OP/c1-3-5-10(6-4-2)13(9,12)11(7)8/h3-4H,1-2,5-6H2,(H2,9,12). The van der Waals surface area contributed by atoms with Gasteiger partial charge in [0.15, 0.2) is 0 Å². The van der Waals surface area contributed by atoms with Gasteiger partial charge in [0.05, 0.1) is 0 Å². The number of nitrogens with two attached hydrogens (primary N) is 1. The van der Waals surface area contributed by atoms with E-state index in [2.05, 4.69) is 13.2 Å². The summed E-state index contributed by atoms with van der Waals surface area (Å²) >= 11 is 10.7. The second kappa shape index (κ2) is 5.81. The van der Waals surface area contributed by atoms with Crippen molar-refractivity contribution in [3.05, 3.63) is 25.3 Å². The van der Waals surface area contributed by atoms with E-state index < -0.39 is 7.59 Å². The summed E-state index contributed by atoms with van der Waals surface area (Å²) in [7, 11) is -3.35. The maximum atomic E-state index is 11.7. The van der Waals surface area contributed by atoms with E-state index in [0.717, 1.165) is 0 Å². The van der Waals surface area contributed by atoms with Gasteiger partial charge >= 0.3 is 7.59 Å². The van der Waals surface area contributed by atoms with Crippen LogP contribution in [0.2, 0.25) is 0 Å². The van der Waals surface area contributed by atoms with E-state index in [1.807, 2.05) is 0 Å². The van der Waals surface area contributed by atoms with Crippen LogP contribution in [-0.4, -0.2) is 21.5 Å². The van der Waals surface area contributed by atoms with Gasteiger partial charge in [0.2, 0.25) is 0 Å². The molecule has 2 N–H and O–H groups in total. The highest BCUT2D eigenvalue weighted by Gasteiger charge is 2.30. The lowest BCUT2D eigenvalue weighted by Crippen LogP contribution is -2.28. The molecular weight excluding hydrogens is 232 g/mol. The van der Waals surface area contributed by atoms with E-state index >= 15 is 0 Å². The predicted octanol–water partition coefficient (Wildman–Crippen LogP) is 2.34. The normalized spacial score (nSPS) is 15.8. The van der Waals surface area contributed by atoms with E-state index in [9.17, 15) is 4.57 Å². The Hall–Kier alpha value is 0.170. The Kier molecular flexibility index (Phi) is 5.88. The van der Waals surface area contributed by atoms with E-state index in [1.165, 1.54) is 4.67 Å². The molecule has 1 unspecified atom stereocenters. The Morgan fingerprint density at radius 1 is 1.31 bits per heavy atom. The number of hydrogen-bond acceptors (Lipinski definition) is 1. The number of hydrogen-bond donors (Lipinski definition) is 1. The lowest BCUT2D eigenvalue weighted by atomic mass is 10.5. The predicted molar refractivity (Wildman–Crippen MR) is 57.3 cm³/mol. The average molecular weight is 244 g/mol. The van der Waals surface area contributed by atoms with Gasteiger partial charge in [-0.2, -0.15) is 0 Å². The van der Waals surface area contributed by atoms with Crippen LogP contribution in [0.3, 0.4) is 0 Å². The Morgan fingerprint density at radius 2 is 1.69 bits per heavy atom. The van der Waals surface area contributed by atoms with E-state index in [4.69, 9.17) is 29.1 Å². The highest BCUT2D eigenvalue weighted by molar-refractivity contribution is 7.59. The van der Waals surface area contributed by atoms with E-state index in [1.54, 1.807) is 12.2 Å². The second-order valence-electron chi connectivity index (χ2n) is 2.25. The van der Waals surface area contributed by atoms with Gasteiger partial charge in [-0.1, -0.05) is 12.2 Å². The molecule has 0 fully saturated rings. The first-order valence-electron chi connectivity index (χ1n) is 3.44. The van der Waals surface area contributed by atoms with Crippen molar-refractivity contribution < 1.29 is 4.57 Å². The molecule has 0 radical (unpaired) electrons. The van der Waals surface area contributed by atoms with E-state index in [-0.39, 0.29) is 0 Å². The molecule has 76 valence electrons. The molecule has 0 saturated carbocycles. The molecule has 7 heteroatoms. The van der Waals surface area contributed by atoms with Crippen LogP contribution in [-0.2, 0) is 4.57 Å². The van der Waals surface area contributed by atoms with Crippen molar-refractivity contribution >= 4 is 31.1 Å². The van der Waals surface area contributed by atoms with Crippen LogP contribution in [0, 0.1) is 0 Å². The van der Waals surface area contributed by atoms with Gasteiger partial charge in [0, 0.05) is 36.6 Å². The molecule has 13 heavy (non-hydrogen) atoms. The first-order valence-corrected chi connectivity index (χ1v) is 5.80. The zero-order valence-electron chi connectivity index (χ0n) is 7.07. The summed E-state index contributed by atoms with van der Waals surface area (Å²) in [6.07, 6.45) is 3.11. The molecule has 0 aromatic rings. The monoisotopic (exact) mass is 243 g/mol. The van der Waals surface area contributed by atoms with Crippen LogP contribution in [0.15, 0.2) is 25.3 Å². The summed E-state index contributed by atoms with van der Waals surface area (Å²) < 4.78 is 13.5. The Balaban J connectivity index is 4.59. The van der Waals surface area contributed by atoms with Crippen molar-refractivity contribution in [3.8, 4) is 0 Å². The summed E-state index contributed by atoms with van der Waals surface area (Å²) in [4.78, 5) is 0. The van der Waals surface area contributed by atoms with Crippen molar-refractivity contribution in [2.75, 3.05) is 13.1 Å². The molecule has 0 aliphatic rings. The molecule has 4 nitrogen and oxygen atoms in total. The number of nitrogens with zero attached hydrogens (tertiary/aromatic N) is 2. The maximum absolute atomic E-state index is 11.7. The van der Waals surface area contributed by atoms with Crippen LogP contribution in [0.25, 0.3) is 0 Å². The second-order valence-corrected chi connectivity index (χ2v) is 5.72. The Bertz CT molecular complexity index is 224. The summed E-state index contributed by atoms with van der Waals surface area (Å²) in [6.45, 7) is 7.65. The molecule has 0 rings (SSSR count). The van der Waals surface area contributed by atoms with Gasteiger partial charge in [-0.15, -0.1) is 13.2 Å². The molecule has 0 aliphatic carbocycles. The minimum atomic E-state index is -3.35. The van der Waals surface area contributed by atoms with Gasteiger partial charge in [-0.3, -0.25) is 10.1 Å². The average Bonchev–Trinajstić information content (AvgIpc) is 2.03. The first-order chi connectivity index (χ1) is 5.96. The van der Waals surface area contributed by atoms with Crippen LogP contribution in [0.4, 0.5) is 0 Å². The third-order valence-corrected chi connectivity index (χ3v) is 4.17. The van der Waals surface area contributed by atoms with Crippen molar-refractivity contribution in [2.45, 2.75) is 0 Å². The van der Waals surface area contributed by atoms with Crippen molar-refractivity contribution in [2.24, 2.45) is 5.50 Å². The van der Waals surface area contributed by atoms with Gasteiger partial charge < -0.3 is 0 Å². The third kappa shape index (κ3) is 3.81. The lowest BCUT2D eigenvalue weighted by Gasteiger charge is -2.27. The van der Waals surface area contributed by atoms with Gasteiger partial charge in [0.25, 0.3) is 0 Å². The van der Waals surface area contributed by atoms with Crippen molar-refractivity contribution in [3.63, 3.8) is 0 Å². The largest absolute Gasteiger partial charge is 0.310 e. The molecule has 0 heterocycles. The van der Waals surface area contributed by atoms with Crippen LogP contribution < -0.4 is 5.50 Å². The van der Waals surface area contributed by atoms with Crippen LogP contribution in [0.1, 0.15) is 0 Å². The minimum Gasteiger partial charge on any atom is -0.268 e. The zero-order valence-corrected chi connectivity index (χ0v) is 9.47. The molecule has 1 atom stereocenters. The fourth-order valence-corrected chi connectivity index (χ4v) is 2.17. The van der Waals surface area contributed by atoms with E-state index in [0.29, 0.717) is 16.8 Å². The lowest BCUT2D eigenvalue weighted by molar-refractivity contribution is 0.455. The van der Waals surface area contributed by atoms with Crippen molar-refractivity contribution in [1.29, 1.82) is 0 Å². The smallest absolute Gasteiger partial charge is 0.268 e. The van der Waals surface area contributed by atoms with Crippen LogP contribution in [0.5, 0.6) is 0 Å². The number of rotatable bonds is 6. The molecule has 0 amide bonds. The quantitative estimate of drug-likeness (QED) is 0.442. The zero-order chi connectivity index (χ0) is 10.5. The van der Waals surface area contributed by atoms with Gasteiger partial charge in [0.1, 0.15) is 0 Å². The summed E-state index contributed by atoms with van der Waals surface area (Å²) in [6, 6.07) is 0. The van der Waals surface area contributed by atoms with Crippen molar-refractivity contribution in [1.82, 2.24) is 8.38 Å². The van der Waals surface area contributed by atoms with Gasteiger partial charge in [-0.05, 0) is 3.71 Å². The summed E-state index contributed by atoms with van der Waals surface area (Å²) in [5.74, 6) is 0. The molecule has 0 saturated heterocycles. The van der Waals surface area contributed by atoms with Gasteiger partial charge in [-0.25, -0.2) is 4.67 Å². The summed E-state index contributed by atoms with van der Waals surface area (Å²) in [5.41, 5.74) is 5.42. The Labute approximate surface area is 88.3 Å². The molecule has 0 aliphatic heterocycles. The SMILES string of the molecule is C=CCN(CC=C)P(N)(=O)N(Cl)Cl. The first kappa shape index (κ1) is 13.2. The maximum Gasteiger partial charge on any atom is 0.310 e. The highest BCUT2D eigenvalue weighted by atomic mass is 35.5. The molecule has 0 spiro atoms. The molecule has 0 aromatic heterocycles. The third-order valence-electron chi connectivity index (χ3n) is 1.30. The molecule has 0 bridgehead atoms. The molecular formula is C6H12Cl2N3OP. The van der Waals surface area contributed by atoms with Crippen LogP contribution >= 0.6 is 31.1 Å². The fourth-order valence-electron chi connectivity index (χ4n) is 0.702. The fraction of sp³-hybridized carbons (Fsp3) is 0.333. The summed E-state index contributed by atoms with van der Waals surface area (Å²) in [5, 5.41) is 0. The Morgan fingerprint density at radius 3 is 1.92 bits per heavy atom. The number of halogens is 2.